The summed E-state index contributed by atoms with van der Waals surface area (Å²) in [6, 6.07) is 16.3. The molecular formula is C21H26N2O2. The van der Waals surface area contributed by atoms with E-state index in [4.69, 9.17) is 4.74 Å². The Balaban J connectivity index is 1.48. The molecule has 2 aromatic rings. The summed E-state index contributed by atoms with van der Waals surface area (Å²) in [7, 11) is 0. The molecule has 1 heterocycles. The highest BCUT2D eigenvalue weighted by Crippen LogP contribution is 2.47. The lowest BCUT2D eigenvalue weighted by Gasteiger charge is -2.35. The van der Waals surface area contributed by atoms with E-state index in [1.807, 2.05) is 36.4 Å². The van der Waals surface area contributed by atoms with Gasteiger partial charge in [0.15, 0.2) is 0 Å². The van der Waals surface area contributed by atoms with Gasteiger partial charge in [-0.3, -0.25) is 4.90 Å². The predicted molar refractivity (Wildman–Crippen MR) is 98.8 cm³/mol. The van der Waals surface area contributed by atoms with Crippen molar-refractivity contribution in [1.82, 2.24) is 10.2 Å². The summed E-state index contributed by atoms with van der Waals surface area (Å²) < 4.78 is 5.85. The second-order valence-corrected chi connectivity index (χ2v) is 7.06. The summed E-state index contributed by atoms with van der Waals surface area (Å²) in [5.41, 5.74) is 2.18. The molecule has 2 aromatic carbocycles. The van der Waals surface area contributed by atoms with Gasteiger partial charge in [0.1, 0.15) is 18.1 Å². The van der Waals surface area contributed by atoms with E-state index in [1.165, 1.54) is 12.8 Å². The number of hydrogen-bond acceptors (Lipinski definition) is 4. The largest absolute Gasteiger partial charge is 0.507 e. The zero-order valence-electron chi connectivity index (χ0n) is 14.5. The number of benzene rings is 2. The quantitative estimate of drug-likeness (QED) is 0.848. The van der Waals surface area contributed by atoms with E-state index in [1.54, 1.807) is 6.07 Å². The normalized spacial score (nSPS) is 19.5. The first kappa shape index (κ1) is 16.4. The van der Waals surface area contributed by atoms with Crippen molar-refractivity contribution < 1.29 is 9.84 Å². The Morgan fingerprint density at radius 2 is 1.84 bits per heavy atom. The Morgan fingerprint density at radius 3 is 2.52 bits per heavy atom. The molecule has 0 bridgehead atoms. The number of piperazine rings is 1. The minimum absolute atomic E-state index is 0.338. The average molecular weight is 338 g/mol. The lowest BCUT2D eigenvalue weighted by Crippen LogP contribution is -2.45. The lowest BCUT2D eigenvalue weighted by molar-refractivity contribution is 0.153. The minimum Gasteiger partial charge on any atom is -0.507 e. The summed E-state index contributed by atoms with van der Waals surface area (Å²) >= 11 is 0. The summed E-state index contributed by atoms with van der Waals surface area (Å²) in [6.45, 7) is 4.67. The summed E-state index contributed by atoms with van der Waals surface area (Å²) in [6.07, 6.45) is 2.53. The van der Waals surface area contributed by atoms with E-state index in [9.17, 15) is 5.11 Å². The average Bonchev–Trinajstić information content (AvgIpc) is 3.49. The van der Waals surface area contributed by atoms with Crippen molar-refractivity contribution in [1.29, 1.82) is 0 Å². The van der Waals surface area contributed by atoms with Gasteiger partial charge in [0.25, 0.3) is 0 Å². The zero-order valence-corrected chi connectivity index (χ0v) is 14.5. The fourth-order valence-electron chi connectivity index (χ4n) is 3.73. The first-order valence-corrected chi connectivity index (χ1v) is 9.25. The number of nitrogens with zero attached hydrogens (tertiary/aromatic N) is 1. The molecular weight excluding hydrogens is 312 g/mol. The van der Waals surface area contributed by atoms with E-state index < -0.39 is 0 Å². The first-order valence-electron chi connectivity index (χ1n) is 9.25. The molecule has 0 unspecified atom stereocenters. The monoisotopic (exact) mass is 338 g/mol. The SMILES string of the molecule is Oc1cc(OCc2ccccc2)ccc1[C@@H](C1CC1)N1CCNCC1. The number of hydrogen-bond donors (Lipinski definition) is 2. The van der Waals surface area contributed by atoms with Gasteiger partial charge in [-0.2, -0.15) is 0 Å². The molecule has 1 saturated carbocycles. The summed E-state index contributed by atoms with van der Waals surface area (Å²) in [5, 5.41) is 14.1. The van der Waals surface area contributed by atoms with Crippen molar-refractivity contribution in [3.8, 4) is 11.5 Å². The molecule has 2 N–H and O–H groups in total. The van der Waals surface area contributed by atoms with Gasteiger partial charge in [0.05, 0.1) is 0 Å². The highest BCUT2D eigenvalue weighted by atomic mass is 16.5. The molecule has 0 radical (unpaired) electrons. The van der Waals surface area contributed by atoms with Crippen LogP contribution in [0.1, 0.15) is 30.0 Å². The van der Waals surface area contributed by atoms with Crippen molar-refractivity contribution in [3.05, 3.63) is 59.7 Å². The Morgan fingerprint density at radius 1 is 1.08 bits per heavy atom. The van der Waals surface area contributed by atoms with Gasteiger partial charge in [0.2, 0.25) is 0 Å². The zero-order chi connectivity index (χ0) is 17.1. The topological polar surface area (TPSA) is 44.7 Å². The number of nitrogens with one attached hydrogen (secondary N) is 1. The molecule has 0 amide bonds. The van der Waals surface area contributed by atoms with Gasteiger partial charge >= 0.3 is 0 Å². The van der Waals surface area contributed by atoms with Crippen molar-refractivity contribution in [2.75, 3.05) is 26.2 Å². The van der Waals surface area contributed by atoms with E-state index >= 15 is 0 Å². The smallest absolute Gasteiger partial charge is 0.124 e. The minimum atomic E-state index is 0.338. The van der Waals surface area contributed by atoms with Crippen LogP contribution < -0.4 is 10.1 Å². The molecule has 0 aromatic heterocycles. The number of ether oxygens (including phenoxy) is 1. The number of rotatable bonds is 6. The molecule has 0 spiro atoms. The van der Waals surface area contributed by atoms with Crippen LogP contribution in [0.4, 0.5) is 0 Å². The second-order valence-electron chi connectivity index (χ2n) is 7.06. The van der Waals surface area contributed by atoms with Crippen LogP contribution in [0.25, 0.3) is 0 Å². The maximum Gasteiger partial charge on any atom is 0.124 e. The van der Waals surface area contributed by atoms with Gasteiger partial charge in [0, 0.05) is 43.9 Å². The standard InChI is InChI=1S/C21H26N2O2/c24-20-14-18(25-15-16-4-2-1-3-5-16)8-9-19(20)21(17-6-7-17)23-12-10-22-11-13-23/h1-5,8-9,14,17,21-22,24H,6-7,10-13,15H2/t21-/m1/s1. The van der Waals surface area contributed by atoms with Crippen LogP contribution in [0, 0.1) is 5.92 Å². The second kappa shape index (κ2) is 7.46. The molecule has 4 nitrogen and oxygen atoms in total. The maximum atomic E-state index is 10.6. The van der Waals surface area contributed by atoms with E-state index in [2.05, 4.69) is 16.3 Å². The predicted octanol–water partition coefficient (Wildman–Crippen LogP) is 3.33. The Kier molecular flexibility index (Phi) is 4.90. The van der Waals surface area contributed by atoms with E-state index in [-0.39, 0.29) is 0 Å². The molecule has 1 aliphatic carbocycles. The Hall–Kier alpha value is -2.04. The van der Waals surface area contributed by atoms with Crippen LogP contribution in [0.5, 0.6) is 11.5 Å². The van der Waals surface area contributed by atoms with Crippen LogP contribution in [0.2, 0.25) is 0 Å². The molecule has 132 valence electrons. The summed E-state index contributed by atoms with van der Waals surface area (Å²) in [4.78, 5) is 2.52. The van der Waals surface area contributed by atoms with Gasteiger partial charge in [-0.1, -0.05) is 36.4 Å². The Bertz CT molecular complexity index is 694. The van der Waals surface area contributed by atoms with Gasteiger partial charge in [-0.25, -0.2) is 0 Å². The molecule has 4 rings (SSSR count). The van der Waals surface area contributed by atoms with Crippen molar-refractivity contribution in [2.24, 2.45) is 5.92 Å². The van der Waals surface area contributed by atoms with E-state index in [0.29, 0.717) is 24.3 Å². The number of aromatic hydroxyl groups is 1. The number of phenolic OH excluding ortho intramolecular Hbond substituents is 1. The third kappa shape index (κ3) is 3.97. The third-order valence-electron chi connectivity index (χ3n) is 5.18. The van der Waals surface area contributed by atoms with Crippen LogP contribution in [-0.4, -0.2) is 36.2 Å². The fourth-order valence-corrected chi connectivity index (χ4v) is 3.73. The summed E-state index contributed by atoms with van der Waals surface area (Å²) in [5.74, 6) is 1.76. The highest BCUT2D eigenvalue weighted by Gasteiger charge is 2.38. The molecule has 25 heavy (non-hydrogen) atoms. The van der Waals surface area contributed by atoms with Crippen molar-refractivity contribution >= 4 is 0 Å². The molecule has 1 aliphatic heterocycles. The first-order chi connectivity index (χ1) is 12.3. The van der Waals surface area contributed by atoms with Gasteiger partial charge < -0.3 is 15.2 Å². The molecule has 4 heteroatoms. The van der Waals surface area contributed by atoms with E-state index in [0.717, 1.165) is 43.1 Å². The van der Waals surface area contributed by atoms with Crippen LogP contribution >= 0.6 is 0 Å². The van der Waals surface area contributed by atoms with Crippen LogP contribution in [-0.2, 0) is 6.61 Å². The molecule has 2 fully saturated rings. The van der Waals surface area contributed by atoms with Gasteiger partial charge in [-0.15, -0.1) is 0 Å². The molecule has 1 atom stereocenters. The van der Waals surface area contributed by atoms with Crippen molar-refractivity contribution in [2.45, 2.75) is 25.5 Å². The maximum absolute atomic E-state index is 10.6. The van der Waals surface area contributed by atoms with Crippen LogP contribution in [0.3, 0.4) is 0 Å². The fraction of sp³-hybridized carbons (Fsp3) is 0.429. The van der Waals surface area contributed by atoms with Crippen LogP contribution in [0.15, 0.2) is 48.5 Å². The Labute approximate surface area is 149 Å². The molecule has 1 saturated heterocycles. The van der Waals surface area contributed by atoms with Crippen molar-refractivity contribution in [3.63, 3.8) is 0 Å². The van der Waals surface area contributed by atoms with Gasteiger partial charge in [-0.05, 0) is 30.4 Å². The highest BCUT2D eigenvalue weighted by molar-refractivity contribution is 5.42. The molecule has 2 aliphatic rings. The number of phenols is 1. The lowest BCUT2D eigenvalue weighted by atomic mass is 9.98. The third-order valence-corrected chi connectivity index (χ3v) is 5.18.